The zero-order valence-corrected chi connectivity index (χ0v) is 18.2. The molecular weight excluding hydrogens is 408 g/mol. The Morgan fingerprint density at radius 1 is 1.03 bits per heavy atom. The molecule has 164 valence electrons. The van der Waals surface area contributed by atoms with Gasteiger partial charge in [-0.3, -0.25) is 10.1 Å². The Kier molecular flexibility index (Phi) is 5.81. The summed E-state index contributed by atoms with van der Waals surface area (Å²) in [5.41, 5.74) is 1.19. The van der Waals surface area contributed by atoms with Crippen LogP contribution >= 0.6 is 0 Å². The first-order valence-electron chi connectivity index (χ1n) is 10.4. The zero-order chi connectivity index (χ0) is 22.7. The fourth-order valence-electron chi connectivity index (χ4n) is 3.46. The van der Waals surface area contributed by atoms with Crippen LogP contribution in [0.15, 0.2) is 60.8 Å². The van der Waals surface area contributed by atoms with Crippen molar-refractivity contribution in [3.8, 4) is 23.1 Å². The van der Waals surface area contributed by atoms with Crippen LogP contribution in [0.4, 0.5) is 4.79 Å². The molecule has 7 heteroatoms. The van der Waals surface area contributed by atoms with Crippen LogP contribution in [0, 0.1) is 6.92 Å². The number of pyridine rings is 1. The predicted molar refractivity (Wildman–Crippen MR) is 118 cm³/mol. The van der Waals surface area contributed by atoms with Gasteiger partial charge in [0.15, 0.2) is 0 Å². The number of cyclic esters (lactones) is 1. The maximum absolute atomic E-state index is 12.2. The Morgan fingerprint density at radius 2 is 1.84 bits per heavy atom. The van der Waals surface area contributed by atoms with Gasteiger partial charge < -0.3 is 14.2 Å². The van der Waals surface area contributed by atoms with Gasteiger partial charge in [-0.15, -0.1) is 0 Å². The topological polar surface area (TPSA) is 86.8 Å². The largest absolute Gasteiger partial charge is 0.457 e. The third-order valence-electron chi connectivity index (χ3n) is 5.22. The molecule has 1 aliphatic rings. The van der Waals surface area contributed by atoms with Crippen molar-refractivity contribution in [3.05, 3.63) is 77.5 Å². The average Bonchev–Trinajstić information content (AvgIpc) is 3.04. The number of alkyl carbamates (subject to hydrolysis) is 1. The van der Waals surface area contributed by atoms with Crippen LogP contribution in [-0.4, -0.2) is 17.0 Å². The van der Waals surface area contributed by atoms with Crippen LogP contribution in [0.2, 0.25) is 0 Å². The molecule has 2 heterocycles. The van der Waals surface area contributed by atoms with Crippen molar-refractivity contribution >= 4 is 12.0 Å². The first-order chi connectivity index (χ1) is 15.4. The summed E-state index contributed by atoms with van der Waals surface area (Å²) in [7, 11) is 0. The number of aromatic nitrogens is 1. The van der Waals surface area contributed by atoms with Gasteiger partial charge >= 0.3 is 6.09 Å². The molecule has 7 nitrogen and oxygen atoms in total. The van der Waals surface area contributed by atoms with Crippen molar-refractivity contribution in [2.75, 3.05) is 0 Å². The Balaban J connectivity index is 1.58. The minimum atomic E-state index is -1.39. The van der Waals surface area contributed by atoms with Crippen molar-refractivity contribution in [2.24, 2.45) is 0 Å². The van der Waals surface area contributed by atoms with Crippen molar-refractivity contribution in [1.82, 2.24) is 10.3 Å². The highest BCUT2D eigenvalue weighted by atomic mass is 16.6. The first-order valence-corrected chi connectivity index (χ1v) is 10.4. The number of carbonyl (C=O) groups is 2. The molecule has 1 N–H and O–H groups in total. The monoisotopic (exact) mass is 432 g/mol. The van der Waals surface area contributed by atoms with E-state index in [1.807, 2.05) is 37.3 Å². The number of nitrogens with zero attached hydrogens (tertiary/aromatic N) is 1. The van der Waals surface area contributed by atoms with Crippen LogP contribution in [0.5, 0.6) is 23.1 Å². The third kappa shape index (κ3) is 4.42. The lowest BCUT2D eigenvalue weighted by Gasteiger charge is -2.20. The van der Waals surface area contributed by atoms with E-state index >= 15 is 0 Å². The average molecular weight is 432 g/mol. The van der Waals surface area contributed by atoms with Gasteiger partial charge in [0.25, 0.3) is 5.91 Å². The fourth-order valence-corrected chi connectivity index (χ4v) is 3.46. The van der Waals surface area contributed by atoms with Gasteiger partial charge in [0.1, 0.15) is 17.2 Å². The smallest absolute Gasteiger partial charge is 0.415 e. The van der Waals surface area contributed by atoms with E-state index < -0.39 is 17.6 Å². The second-order valence-corrected chi connectivity index (χ2v) is 7.80. The molecular formula is C25H24N2O5. The molecule has 0 radical (unpaired) electrons. The van der Waals surface area contributed by atoms with E-state index in [0.29, 0.717) is 28.7 Å². The van der Waals surface area contributed by atoms with Gasteiger partial charge in [-0.05, 0) is 61.7 Å². The normalized spacial score (nSPS) is 17.6. The number of amides is 2. The van der Waals surface area contributed by atoms with Crippen molar-refractivity contribution in [3.63, 3.8) is 0 Å². The molecule has 1 saturated heterocycles. The lowest BCUT2D eigenvalue weighted by Crippen LogP contribution is -2.33. The highest BCUT2D eigenvalue weighted by Gasteiger charge is 2.46. The number of nitrogens with one attached hydrogen (secondary N) is 1. The van der Waals surface area contributed by atoms with Gasteiger partial charge in [-0.2, -0.15) is 0 Å². The van der Waals surface area contributed by atoms with E-state index in [1.165, 1.54) is 0 Å². The minimum Gasteiger partial charge on any atom is -0.457 e. The number of hydrogen-bond acceptors (Lipinski definition) is 6. The number of imide groups is 1. The number of benzene rings is 2. The standard InChI is InChI=1S/C25H24N2O5/c1-4-6-17-13-20(31-22-12-9-16(2)15-26-22)10-11-21(17)30-19-8-5-7-18(14-19)25(3)23(28)27-24(29)32-25/h5,7-15H,4,6H2,1-3H3,(H,27,28,29)/t25-/m1/s1. The second kappa shape index (κ2) is 8.70. The fraction of sp³-hybridized carbons (Fsp3) is 0.240. The Labute approximate surface area is 186 Å². The molecule has 1 aliphatic heterocycles. The number of hydrogen-bond donors (Lipinski definition) is 1. The summed E-state index contributed by atoms with van der Waals surface area (Å²) in [6, 6.07) is 16.4. The van der Waals surface area contributed by atoms with Gasteiger partial charge in [-0.1, -0.05) is 31.5 Å². The Morgan fingerprint density at radius 3 is 2.53 bits per heavy atom. The Hall–Kier alpha value is -3.87. The van der Waals surface area contributed by atoms with Gasteiger partial charge in [-0.25, -0.2) is 9.78 Å². The molecule has 4 rings (SSSR count). The van der Waals surface area contributed by atoms with E-state index in [2.05, 4.69) is 17.2 Å². The molecule has 32 heavy (non-hydrogen) atoms. The van der Waals surface area contributed by atoms with E-state index in [-0.39, 0.29) is 0 Å². The van der Waals surface area contributed by atoms with Crippen LogP contribution in [0.1, 0.15) is 37.0 Å². The van der Waals surface area contributed by atoms with E-state index in [4.69, 9.17) is 14.2 Å². The molecule has 1 atom stereocenters. The Bertz CT molecular complexity index is 1160. The quantitative estimate of drug-likeness (QED) is 0.537. The van der Waals surface area contributed by atoms with Gasteiger partial charge in [0.2, 0.25) is 11.5 Å². The van der Waals surface area contributed by atoms with E-state index in [1.54, 1.807) is 37.4 Å². The summed E-state index contributed by atoms with van der Waals surface area (Å²) in [5.74, 6) is 1.92. The van der Waals surface area contributed by atoms with Crippen molar-refractivity contribution < 1.29 is 23.8 Å². The highest BCUT2D eigenvalue weighted by molar-refractivity contribution is 6.03. The van der Waals surface area contributed by atoms with E-state index in [0.717, 1.165) is 24.0 Å². The molecule has 2 aromatic carbocycles. The maximum atomic E-state index is 12.2. The summed E-state index contributed by atoms with van der Waals surface area (Å²) in [4.78, 5) is 28.0. The van der Waals surface area contributed by atoms with E-state index in [9.17, 15) is 9.59 Å². The molecule has 1 fully saturated rings. The number of aryl methyl sites for hydroxylation is 2. The summed E-state index contributed by atoms with van der Waals surface area (Å²) in [5, 5.41) is 2.17. The lowest BCUT2D eigenvalue weighted by molar-refractivity contribution is -0.130. The number of carbonyl (C=O) groups excluding carboxylic acids is 2. The highest BCUT2D eigenvalue weighted by Crippen LogP contribution is 2.35. The van der Waals surface area contributed by atoms with Crippen LogP contribution in [-0.2, 0) is 21.6 Å². The maximum Gasteiger partial charge on any atom is 0.415 e. The lowest BCUT2D eigenvalue weighted by atomic mass is 9.95. The zero-order valence-electron chi connectivity index (χ0n) is 18.2. The molecule has 0 bridgehead atoms. The van der Waals surface area contributed by atoms with Crippen LogP contribution in [0.3, 0.4) is 0 Å². The third-order valence-corrected chi connectivity index (χ3v) is 5.22. The molecule has 1 aromatic heterocycles. The second-order valence-electron chi connectivity index (χ2n) is 7.80. The summed E-state index contributed by atoms with van der Waals surface area (Å²) >= 11 is 0. The molecule has 0 saturated carbocycles. The molecule has 3 aromatic rings. The summed E-state index contributed by atoms with van der Waals surface area (Å²) < 4.78 is 17.3. The van der Waals surface area contributed by atoms with Crippen LogP contribution < -0.4 is 14.8 Å². The molecule has 0 aliphatic carbocycles. The summed E-state index contributed by atoms with van der Waals surface area (Å²) in [6.45, 7) is 5.62. The van der Waals surface area contributed by atoms with Gasteiger partial charge in [0.05, 0.1) is 0 Å². The van der Waals surface area contributed by atoms with Crippen molar-refractivity contribution in [1.29, 1.82) is 0 Å². The molecule has 2 amide bonds. The minimum absolute atomic E-state index is 0.502. The number of ether oxygens (including phenoxy) is 3. The number of rotatable bonds is 7. The van der Waals surface area contributed by atoms with Crippen molar-refractivity contribution in [2.45, 2.75) is 39.2 Å². The van der Waals surface area contributed by atoms with Crippen LogP contribution in [0.25, 0.3) is 0 Å². The van der Waals surface area contributed by atoms with Gasteiger partial charge in [0, 0.05) is 17.8 Å². The first kappa shape index (κ1) is 21.4. The SMILES string of the molecule is CCCc1cc(Oc2ccc(C)cn2)ccc1Oc1cccc([C@@]2(C)OC(=O)NC2=O)c1. The molecule has 0 unspecified atom stereocenters. The molecule has 0 spiro atoms. The predicted octanol–water partition coefficient (Wildman–Crippen LogP) is 5.41. The summed E-state index contributed by atoms with van der Waals surface area (Å²) in [6.07, 6.45) is 2.73.